The first-order valence-corrected chi connectivity index (χ1v) is 4.97. The topological polar surface area (TPSA) is 0 Å². The minimum Gasteiger partial charge on any atom is -0.166 e. The molecule has 0 amide bonds. The highest BCUT2D eigenvalue weighted by Crippen LogP contribution is 2.33. The van der Waals surface area contributed by atoms with Gasteiger partial charge in [0.2, 0.25) is 0 Å². The van der Waals surface area contributed by atoms with E-state index < -0.39 is 11.7 Å². The molecule has 0 spiro atoms. The second-order valence-electron chi connectivity index (χ2n) is 3.25. The Morgan fingerprint density at radius 1 is 0.800 bits per heavy atom. The second-order valence-corrected chi connectivity index (χ2v) is 3.25. The maximum absolute atomic E-state index is 12.4. The highest BCUT2D eigenvalue weighted by atomic mass is 19.4. The van der Waals surface area contributed by atoms with E-state index in [0.717, 1.165) is 5.56 Å². The zero-order valence-electron chi connectivity index (χ0n) is 9.79. The van der Waals surface area contributed by atoms with E-state index in [0.29, 0.717) is 5.56 Å². The van der Waals surface area contributed by atoms with Crippen molar-refractivity contribution in [3.05, 3.63) is 34.4 Å². The molecule has 15 heavy (non-hydrogen) atoms. The lowest BCUT2D eigenvalue weighted by atomic mass is 10.0. The minimum atomic E-state index is -4.23. The van der Waals surface area contributed by atoms with Crippen LogP contribution in [0.25, 0.3) is 0 Å². The molecule has 0 nitrogen and oxygen atoms in total. The molecule has 0 heterocycles. The quantitative estimate of drug-likeness (QED) is 0.594. The fourth-order valence-electron chi connectivity index (χ4n) is 1.27. The number of alkyl halides is 3. The molecular weight excluding hydrogens is 201 g/mol. The Hall–Kier alpha value is -0.990. The van der Waals surface area contributed by atoms with Crippen molar-refractivity contribution < 1.29 is 13.2 Å². The molecule has 0 aliphatic rings. The smallest absolute Gasteiger partial charge is 0.166 e. The van der Waals surface area contributed by atoms with Crippen LogP contribution in [0, 0.1) is 20.8 Å². The van der Waals surface area contributed by atoms with E-state index in [9.17, 15) is 13.2 Å². The molecule has 0 saturated heterocycles. The highest BCUT2D eigenvalue weighted by Gasteiger charge is 2.32. The minimum absolute atomic E-state index is 0.288. The van der Waals surface area contributed by atoms with Gasteiger partial charge in [-0.1, -0.05) is 19.9 Å². The van der Waals surface area contributed by atoms with Crippen molar-refractivity contribution in [3.8, 4) is 0 Å². The number of aryl methyl sites for hydroxylation is 3. The van der Waals surface area contributed by atoms with Gasteiger partial charge < -0.3 is 0 Å². The van der Waals surface area contributed by atoms with Crippen LogP contribution in [0.15, 0.2) is 12.1 Å². The van der Waals surface area contributed by atoms with E-state index in [1.54, 1.807) is 13.0 Å². The number of halogens is 3. The summed E-state index contributed by atoms with van der Waals surface area (Å²) < 4.78 is 37.1. The van der Waals surface area contributed by atoms with Gasteiger partial charge in [0, 0.05) is 0 Å². The molecule has 0 unspecified atom stereocenters. The predicted molar refractivity (Wildman–Crippen MR) is 57.0 cm³/mol. The average Bonchev–Trinajstić information content (AvgIpc) is 2.13. The molecule has 0 radical (unpaired) electrons. The summed E-state index contributed by atoms with van der Waals surface area (Å²) in [5, 5.41) is 0. The van der Waals surface area contributed by atoms with E-state index in [-0.39, 0.29) is 5.56 Å². The molecule has 0 N–H and O–H groups in total. The zero-order valence-corrected chi connectivity index (χ0v) is 9.79. The molecule has 0 saturated carbocycles. The lowest BCUT2D eigenvalue weighted by molar-refractivity contribution is -0.138. The van der Waals surface area contributed by atoms with E-state index in [4.69, 9.17) is 0 Å². The molecular formula is C12H17F3. The van der Waals surface area contributed by atoms with Crippen LogP contribution in [0.5, 0.6) is 0 Å². The van der Waals surface area contributed by atoms with Gasteiger partial charge in [0.15, 0.2) is 0 Å². The number of benzene rings is 1. The molecule has 0 aromatic heterocycles. The molecule has 1 rings (SSSR count). The van der Waals surface area contributed by atoms with E-state index in [1.807, 2.05) is 20.8 Å². The summed E-state index contributed by atoms with van der Waals surface area (Å²) in [6.07, 6.45) is -4.23. The van der Waals surface area contributed by atoms with Gasteiger partial charge in [-0.3, -0.25) is 0 Å². The maximum Gasteiger partial charge on any atom is 0.416 e. The van der Waals surface area contributed by atoms with Gasteiger partial charge in [-0.25, -0.2) is 0 Å². The Balaban J connectivity index is 0.000000921. The molecule has 86 valence electrons. The normalized spacial score (nSPS) is 10.7. The first-order chi connectivity index (χ1) is 6.82. The van der Waals surface area contributed by atoms with Crippen molar-refractivity contribution in [2.75, 3.05) is 0 Å². The van der Waals surface area contributed by atoms with Crippen LogP contribution in [0.2, 0.25) is 0 Å². The Morgan fingerprint density at radius 2 is 1.20 bits per heavy atom. The Morgan fingerprint density at radius 3 is 1.60 bits per heavy atom. The summed E-state index contributed by atoms with van der Waals surface area (Å²) in [6, 6.07) is 2.77. The monoisotopic (exact) mass is 218 g/mol. The van der Waals surface area contributed by atoms with Crippen molar-refractivity contribution in [3.63, 3.8) is 0 Å². The van der Waals surface area contributed by atoms with Crippen LogP contribution in [0.4, 0.5) is 13.2 Å². The van der Waals surface area contributed by atoms with Crippen LogP contribution in [0.3, 0.4) is 0 Å². The predicted octanol–water partition coefficient (Wildman–Crippen LogP) is 4.66. The SMILES string of the molecule is CC.Cc1cc(C)c(C(F)(F)F)cc1C. The van der Waals surface area contributed by atoms with E-state index in [1.165, 1.54) is 13.0 Å². The van der Waals surface area contributed by atoms with Gasteiger partial charge in [-0.05, 0) is 43.5 Å². The van der Waals surface area contributed by atoms with Crippen LogP contribution in [0.1, 0.15) is 36.1 Å². The lowest BCUT2D eigenvalue weighted by Crippen LogP contribution is -2.08. The van der Waals surface area contributed by atoms with Crippen LogP contribution >= 0.6 is 0 Å². The molecule has 1 aromatic rings. The highest BCUT2D eigenvalue weighted by molar-refractivity contribution is 5.37. The number of hydrogen-bond acceptors (Lipinski definition) is 0. The molecule has 0 aliphatic heterocycles. The molecule has 0 aliphatic carbocycles. The van der Waals surface area contributed by atoms with Crippen molar-refractivity contribution in [1.82, 2.24) is 0 Å². The van der Waals surface area contributed by atoms with E-state index >= 15 is 0 Å². The zero-order chi connectivity index (χ0) is 12.2. The van der Waals surface area contributed by atoms with E-state index in [2.05, 4.69) is 0 Å². The summed E-state index contributed by atoms with van der Waals surface area (Å²) in [5.74, 6) is 0. The van der Waals surface area contributed by atoms with Crippen molar-refractivity contribution in [2.24, 2.45) is 0 Å². The summed E-state index contributed by atoms with van der Waals surface area (Å²) >= 11 is 0. The molecule has 1 aromatic carbocycles. The van der Waals surface area contributed by atoms with Gasteiger partial charge in [0.1, 0.15) is 0 Å². The number of rotatable bonds is 0. The molecule has 0 atom stereocenters. The molecule has 3 heteroatoms. The van der Waals surface area contributed by atoms with Crippen LogP contribution in [-0.4, -0.2) is 0 Å². The average molecular weight is 218 g/mol. The first kappa shape index (κ1) is 14.0. The first-order valence-electron chi connectivity index (χ1n) is 4.97. The lowest BCUT2D eigenvalue weighted by Gasteiger charge is -2.12. The summed E-state index contributed by atoms with van der Waals surface area (Å²) in [7, 11) is 0. The van der Waals surface area contributed by atoms with Gasteiger partial charge in [-0.15, -0.1) is 0 Å². The Labute approximate surface area is 89.1 Å². The Kier molecular flexibility index (Phi) is 4.85. The molecule has 0 bridgehead atoms. The van der Waals surface area contributed by atoms with Gasteiger partial charge in [-0.2, -0.15) is 13.2 Å². The standard InChI is InChI=1S/C10H11F3.C2H6/c1-6-4-8(3)9(5-7(6)2)10(11,12)13;1-2/h4-5H,1-3H3;1-2H3. The second kappa shape index (κ2) is 5.19. The molecule has 0 fully saturated rings. The van der Waals surface area contributed by atoms with Crippen LogP contribution in [-0.2, 0) is 6.18 Å². The summed E-state index contributed by atoms with van der Waals surface area (Å²) in [5.41, 5.74) is 1.33. The van der Waals surface area contributed by atoms with Crippen molar-refractivity contribution in [1.29, 1.82) is 0 Å². The largest absolute Gasteiger partial charge is 0.416 e. The number of hydrogen-bond donors (Lipinski definition) is 0. The third kappa shape index (κ3) is 3.57. The van der Waals surface area contributed by atoms with Crippen molar-refractivity contribution >= 4 is 0 Å². The van der Waals surface area contributed by atoms with Gasteiger partial charge in [0.25, 0.3) is 0 Å². The summed E-state index contributed by atoms with van der Waals surface area (Å²) in [6.45, 7) is 8.97. The van der Waals surface area contributed by atoms with Gasteiger partial charge >= 0.3 is 6.18 Å². The maximum atomic E-state index is 12.4. The fourth-order valence-corrected chi connectivity index (χ4v) is 1.27. The Bertz CT molecular complexity index is 324. The third-order valence-electron chi connectivity index (χ3n) is 2.15. The van der Waals surface area contributed by atoms with Crippen molar-refractivity contribution in [2.45, 2.75) is 40.8 Å². The summed E-state index contributed by atoms with van der Waals surface area (Å²) in [4.78, 5) is 0. The van der Waals surface area contributed by atoms with Gasteiger partial charge in [0.05, 0.1) is 5.56 Å². The van der Waals surface area contributed by atoms with Crippen LogP contribution < -0.4 is 0 Å². The fraction of sp³-hybridized carbons (Fsp3) is 0.500. The third-order valence-corrected chi connectivity index (χ3v) is 2.15.